The van der Waals surface area contributed by atoms with Crippen molar-refractivity contribution < 1.29 is 0 Å². The first-order chi connectivity index (χ1) is 39.7. The monoisotopic (exact) mass is 1050 g/mol. The zero-order valence-corrected chi connectivity index (χ0v) is 47.7. The first kappa shape index (κ1) is 47.6. The van der Waals surface area contributed by atoms with Crippen LogP contribution < -0.4 is 0 Å². The highest BCUT2D eigenvalue weighted by Gasteiger charge is 2.46. The Morgan fingerprint density at radius 1 is 0.244 bits per heavy atom. The molecule has 0 aliphatic heterocycles. The second-order valence-electron chi connectivity index (χ2n) is 25.9. The summed E-state index contributed by atoms with van der Waals surface area (Å²) in [6.45, 7) is 19.5. The van der Waals surface area contributed by atoms with Crippen molar-refractivity contribution in [3.8, 4) is 89.0 Å². The van der Waals surface area contributed by atoms with Gasteiger partial charge < -0.3 is 0 Å². The van der Waals surface area contributed by atoms with Crippen molar-refractivity contribution >= 4 is 43.4 Å². The van der Waals surface area contributed by atoms with Crippen molar-refractivity contribution in [2.24, 2.45) is 0 Å². The number of hydrogen-bond donors (Lipinski definition) is 0. The van der Waals surface area contributed by atoms with Crippen LogP contribution in [0.1, 0.15) is 99.9 Å². The van der Waals surface area contributed by atoms with E-state index in [4.69, 9.17) is 9.97 Å². The van der Waals surface area contributed by atoms with Crippen molar-refractivity contribution in [2.75, 3.05) is 0 Å². The molecule has 2 nitrogen and oxygen atoms in total. The minimum atomic E-state index is -0.249. The average molecular weight is 1050 g/mol. The molecule has 0 amide bonds. The second-order valence-corrected chi connectivity index (χ2v) is 25.9. The molecule has 0 unspecified atom stereocenters. The smallest absolute Gasteiger partial charge is 0.0971 e. The van der Waals surface area contributed by atoms with Crippen LogP contribution in [0.15, 0.2) is 219 Å². The summed E-state index contributed by atoms with van der Waals surface area (Å²) in [7, 11) is 0. The lowest BCUT2D eigenvalue weighted by molar-refractivity contribution is 0.591. The molecule has 82 heavy (non-hydrogen) atoms. The van der Waals surface area contributed by atoms with Crippen LogP contribution in [0.2, 0.25) is 0 Å². The van der Waals surface area contributed by atoms with E-state index < -0.39 is 0 Å². The number of nitrogens with zero attached hydrogens (tertiary/aromatic N) is 2. The summed E-state index contributed by atoms with van der Waals surface area (Å²) in [4.78, 5) is 11.1. The Hall–Kier alpha value is -9.24. The van der Waals surface area contributed by atoms with Gasteiger partial charge >= 0.3 is 0 Å². The van der Waals surface area contributed by atoms with E-state index in [0.29, 0.717) is 0 Å². The summed E-state index contributed by atoms with van der Waals surface area (Å²) in [5, 5.41) is 7.32. The third kappa shape index (κ3) is 6.04. The van der Waals surface area contributed by atoms with Crippen LogP contribution in [-0.4, -0.2) is 9.97 Å². The fourth-order valence-corrected chi connectivity index (χ4v) is 16.6. The van der Waals surface area contributed by atoms with E-state index in [1.807, 2.05) is 0 Å². The standard InChI is InChI=1S/C80H60N2/c1-77(2)63-29-17-15-25-51(63)57-37-39-59-55-35-33-49(53-27-19-31-65(69(53)55)79(5,6)73(59)71(57)77)47-41-61-67(45-21-11-9-12-22-45)68(46-23-13-10-14-24-46)62-42-48(44-82-76(62)75(61)81-43-47)50-34-36-56-60-40-38-58-52-26-16-18-30-64(52)78(3,4)72(58)74(60)80(7,8)66-32-20-28-54(50)70(56)66/h9-44H,1-8H3. The minimum Gasteiger partial charge on any atom is -0.253 e. The maximum atomic E-state index is 5.55. The van der Waals surface area contributed by atoms with Crippen LogP contribution in [0.5, 0.6) is 0 Å². The zero-order chi connectivity index (χ0) is 55.3. The van der Waals surface area contributed by atoms with Crippen molar-refractivity contribution in [3.63, 3.8) is 0 Å². The lowest BCUT2D eigenvalue weighted by Crippen LogP contribution is -2.29. The summed E-state index contributed by atoms with van der Waals surface area (Å²) in [6.07, 6.45) is 4.21. The highest BCUT2D eigenvalue weighted by atomic mass is 14.7. The van der Waals surface area contributed by atoms with E-state index in [9.17, 15) is 0 Å². The first-order valence-corrected chi connectivity index (χ1v) is 29.3. The van der Waals surface area contributed by atoms with E-state index >= 15 is 0 Å². The molecule has 390 valence electrons. The van der Waals surface area contributed by atoms with Gasteiger partial charge in [-0.1, -0.05) is 250 Å². The van der Waals surface area contributed by atoms with Crippen LogP contribution in [0, 0.1) is 0 Å². The summed E-state index contributed by atoms with van der Waals surface area (Å²) in [5.74, 6) is 0. The molecule has 0 fully saturated rings. The molecule has 4 aliphatic carbocycles. The number of pyridine rings is 2. The molecule has 0 bridgehead atoms. The molecular formula is C80H60N2. The van der Waals surface area contributed by atoms with Gasteiger partial charge in [0.15, 0.2) is 0 Å². The number of fused-ring (bicyclic) bond motifs is 15. The van der Waals surface area contributed by atoms with Crippen LogP contribution >= 0.6 is 0 Å². The van der Waals surface area contributed by atoms with E-state index in [1.54, 1.807) is 0 Å². The van der Waals surface area contributed by atoms with E-state index in [1.165, 1.54) is 122 Å². The van der Waals surface area contributed by atoms with E-state index in [-0.39, 0.29) is 21.7 Å². The Labute approximate surface area is 479 Å². The molecule has 0 radical (unpaired) electrons. The van der Waals surface area contributed by atoms with Gasteiger partial charge in [-0.05, 0) is 156 Å². The van der Waals surface area contributed by atoms with E-state index in [2.05, 4.69) is 274 Å². The number of benzene rings is 11. The third-order valence-corrected chi connectivity index (χ3v) is 20.2. The Bertz CT molecular complexity index is 4700. The maximum absolute atomic E-state index is 5.55. The van der Waals surface area contributed by atoms with Crippen LogP contribution in [0.25, 0.3) is 132 Å². The highest BCUT2D eigenvalue weighted by Crippen LogP contribution is 2.61. The summed E-state index contributed by atoms with van der Waals surface area (Å²) < 4.78 is 0. The molecule has 0 atom stereocenters. The van der Waals surface area contributed by atoms with Crippen molar-refractivity contribution in [2.45, 2.75) is 77.0 Å². The lowest BCUT2D eigenvalue weighted by atomic mass is 9.63. The Balaban J connectivity index is 0.870. The van der Waals surface area contributed by atoms with Gasteiger partial charge in [-0.2, -0.15) is 0 Å². The summed E-state index contributed by atoms with van der Waals surface area (Å²) in [6, 6.07) is 77.9. The largest absolute Gasteiger partial charge is 0.253 e. The normalized spacial score (nSPS) is 15.7. The molecular weight excluding hydrogens is 989 g/mol. The molecule has 11 aromatic carbocycles. The second kappa shape index (κ2) is 16.2. The molecule has 0 spiro atoms. The summed E-state index contributed by atoms with van der Waals surface area (Å²) >= 11 is 0. The predicted molar refractivity (Wildman–Crippen MR) is 344 cm³/mol. The number of hydrogen-bond acceptors (Lipinski definition) is 2. The van der Waals surface area contributed by atoms with Crippen LogP contribution in [0.4, 0.5) is 0 Å². The highest BCUT2D eigenvalue weighted by molar-refractivity contribution is 6.21. The topological polar surface area (TPSA) is 25.8 Å². The fraction of sp³-hybridized carbons (Fsp3) is 0.150. The minimum absolute atomic E-state index is 0.125. The molecule has 2 aromatic heterocycles. The number of rotatable bonds is 4. The van der Waals surface area contributed by atoms with Gasteiger partial charge in [-0.25, -0.2) is 0 Å². The molecule has 0 saturated heterocycles. The molecule has 0 N–H and O–H groups in total. The van der Waals surface area contributed by atoms with Crippen molar-refractivity contribution in [1.82, 2.24) is 9.97 Å². The van der Waals surface area contributed by atoms with Gasteiger partial charge in [-0.3, -0.25) is 9.97 Å². The Kier molecular flexibility index (Phi) is 9.42. The van der Waals surface area contributed by atoms with Gasteiger partial charge in [0.05, 0.1) is 11.0 Å². The van der Waals surface area contributed by atoms with Crippen molar-refractivity contribution in [1.29, 1.82) is 0 Å². The van der Waals surface area contributed by atoms with Gasteiger partial charge in [0.2, 0.25) is 0 Å². The third-order valence-electron chi connectivity index (χ3n) is 20.2. The molecule has 0 saturated carbocycles. The zero-order valence-electron chi connectivity index (χ0n) is 47.7. The van der Waals surface area contributed by atoms with Gasteiger partial charge in [0.25, 0.3) is 0 Å². The van der Waals surface area contributed by atoms with E-state index in [0.717, 1.165) is 55.2 Å². The molecule has 2 heteroatoms. The van der Waals surface area contributed by atoms with Gasteiger partial charge in [0.1, 0.15) is 0 Å². The predicted octanol–water partition coefficient (Wildman–Crippen LogP) is 21.0. The van der Waals surface area contributed by atoms with Gasteiger partial charge in [0, 0.05) is 56.0 Å². The van der Waals surface area contributed by atoms with Crippen LogP contribution in [-0.2, 0) is 21.7 Å². The van der Waals surface area contributed by atoms with Crippen molar-refractivity contribution in [3.05, 3.63) is 263 Å². The SMILES string of the molecule is CC1(C)c2ccccc2-c2ccc3c(c21)C(C)(C)c1cccc2c(-c4cnc5c(c4)c(-c4ccccc4)c(-c4ccccc4)c4cc(-c6ccc7c8c(cccc68)C(C)(C)c6c-7ccc7c6C(C)(C)c6ccccc6-7)cnc45)ccc-3c12. The molecule has 13 aromatic rings. The maximum Gasteiger partial charge on any atom is 0.0971 e. The molecule has 4 aliphatic rings. The fourth-order valence-electron chi connectivity index (χ4n) is 16.6. The molecule has 2 heterocycles. The summed E-state index contributed by atoms with van der Waals surface area (Å²) in [5.41, 5.74) is 32.3. The Morgan fingerprint density at radius 2 is 0.561 bits per heavy atom. The lowest BCUT2D eigenvalue weighted by Gasteiger charge is -2.40. The Morgan fingerprint density at radius 3 is 0.963 bits per heavy atom. The first-order valence-electron chi connectivity index (χ1n) is 29.3. The number of aromatic nitrogens is 2. The quantitative estimate of drug-likeness (QED) is 0.164. The molecule has 17 rings (SSSR count). The average Bonchev–Trinajstić information content (AvgIpc) is 1.93. The van der Waals surface area contributed by atoms with Gasteiger partial charge in [-0.15, -0.1) is 0 Å². The van der Waals surface area contributed by atoms with Crippen LogP contribution in [0.3, 0.4) is 0 Å².